The van der Waals surface area contributed by atoms with Crippen LogP contribution in [0.3, 0.4) is 0 Å². The number of thiophene rings is 1. The molecule has 1 aromatic carbocycles. The summed E-state index contributed by atoms with van der Waals surface area (Å²) < 4.78 is 1.86. The van der Waals surface area contributed by atoms with Gasteiger partial charge in [-0.15, -0.1) is 16.4 Å². The maximum atomic E-state index is 12.7. The SMILES string of the molecule is CCn1nnc2c(C)c([C@H](c3cc(CN4CC(=O)N(C)CC(C)(C)C4)c(C)s3)C(C)(C)C(=O)O)ccc21. The molecular formula is C28H39N5O3S. The Kier molecular flexibility index (Phi) is 7.25. The number of aliphatic carboxylic acids is 1. The number of hydrogen-bond donors (Lipinski definition) is 1. The van der Waals surface area contributed by atoms with Crippen LogP contribution in [0.5, 0.6) is 0 Å². The van der Waals surface area contributed by atoms with E-state index in [2.05, 4.69) is 42.0 Å². The number of benzene rings is 1. The number of fused-ring (bicyclic) bond motifs is 1. The molecule has 0 radical (unpaired) electrons. The topological polar surface area (TPSA) is 91.6 Å². The summed E-state index contributed by atoms with van der Waals surface area (Å²) in [4.78, 5) is 31.4. The van der Waals surface area contributed by atoms with Crippen LogP contribution in [0.15, 0.2) is 18.2 Å². The molecular weight excluding hydrogens is 486 g/mol. The number of likely N-dealkylation sites (N-methyl/N-ethyl adjacent to an activating group) is 1. The van der Waals surface area contributed by atoms with E-state index in [4.69, 9.17) is 0 Å². The van der Waals surface area contributed by atoms with E-state index in [0.717, 1.165) is 57.1 Å². The minimum atomic E-state index is -1.04. The molecule has 8 nitrogen and oxygen atoms in total. The summed E-state index contributed by atoms with van der Waals surface area (Å²) >= 11 is 1.65. The molecule has 200 valence electrons. The van der Waals surface area contributed by atoms with E-state index < -0.39 is 11.4 Å². The Labute approximate surface area is 223 Å². The van der Waals surface area contributed by atoms with Crippen molar-refractivity contribution >= 4 is 34.2 Å². The number of amides is 1. The zero-order valence-corrected chi connectivity index (χ0v) is 24.1. The van der Waals surface area contributed by atoms with E-state index in [9.17, 15) is 14.7 Å². The summed E-state index contributed by atoms with van der Waals surface area (Å²) in [6.07, 6.45) is 0. The number of carboxylic acid groups (broad SMARTS) is 1. The first kappa shape index (κ1) is 27.3. The van der Waals surface area contributed by atoms with Gasteiger partial charge in [0.2, 0.25) is 5.91 Å². The van der Waals surface area contributed by atoms with Gasteiger partial charge in [-0.25, -0.2) is 4.68 Å². The van der Waals surface area contributed by atoms with Gasteiger partial charge in [0.15, 0.2) is 0 Å². The Balaban J connectivity index is 1.76. The van der Waals surface area contributed by atoms with Crippen molar-refractivity contribution in [3.8, 4) is 0 Å². The summed E-state index contributed by atoms with van der Waals surface area (Å²) in [7, 11) is 1.87. The fourth-order valence-electron chi connectivity index (χ4n) is 5.70. The van der Waals surface area contributed by atoms with E-state index in [0.29, 0.717) is 13.1 Å². The number of aryl methyl sites for hydroxylation is 3. The Morgan fingerprint density at radius 2 is 1.95 bits per heavy atom. The Morgan fingerprint density at radius 1 is 1.24 bits per heavy atom. The number of carbonyl (C=O) groups is 2. The number of nitrogens with zero attached hydrogens (tertiary/aromatic N) is 5. The highest BCUT2D eigenvalue weighted by atomic mass is 32.1. The quantitative estimate of drug-likeness (QED) is 0.482. The van der Waals surface area contributed by atoms with Gasteiger partial charge in [0.25, 0.3) is 0 Å². The van der Waals surface area contributed by atoms with Gasteiger partial charge in [-0.3, -0.25) is 14.5 Å². The molecule has 1 aliphatic heterocycles. The highest BCUT2D eigenvalue weighted by Gasteiger charge is 2.41. The van der Waals surface area contributed by atoms with Crippen LogP contribution in [0.2, 0.25) is 0 Å². The highest BCUT2D eigenvalue weighted by Crippen LogP contribution is 2.46. The first-order chi connectivity index (χ1) is 17.2. The highest BCUT2D eigenvalue weighted by molar-refractivity contribution is 7.12. The molecule has 0 aliphatic carbocycles. The van der Waals surface area contributed by atoms with Crippen LogP contribution >= 0.6 is 11.3 Å². The molecule has 0 unspecified atom stereocenters. The number of rotatable bonds is 7. The molecule has 9 heteroatoms. The van der Waals surface area contributed by atoms with Crippen LogP contribution in [0.1, 0.15) is 67.0 Å². The molecule has 37 heavy (non-hydrogen) atoms. The van der Waals surface area contributed by atoms with Gasteiger partial charge in [-0.1, -0.05) is 25.1 Å². The standard InChI is InChI=1S/C28H39N5O3S/c1-9-33-21-11-10-20(17(2)25(21)29-30-33)24(28(6,7)26(35)36)22-12-19(18(3)37-22)13-32-14-23(34)31(8)15-27(4,5)16-32/h10-12,24H,9,13-16H2,1-8H3,(H,35,36)/t24-/m1/s1. The van der Waals surface area contributed by atoms with Crippen LogP contribution in [0.4, 0.5) is 0 Å². The number of carboxylic acids is 1. The van der Waals surface area contributed by atoms with Gasteiger partial charge in [0.1, 0.15) is 5.52 Å². The summed E-state index contributed by atoms with van der Waals surface area (Å²) in [5, 5.41) is 19.0. The van der Waals surface area contributed by atoms with Crippen molar-refractivity contribution in [1.29, 1.82) is 0 Å². The molecule has 0 saturated carbocycles. The molecule has 3 aromatic rings. The van der Waals surface area contributed by atoms with Crippen LogP contribution in [0.25, 0.3) is 11.0 Å². The minimum Gasteiger partial charge on any atom is -0.481 e. The first-order valence-corrected chi connectivity index (χ1v) is 13.7. The monoisotopic (exact) mass is 525 g/mol. The number of carbonyl (C=O) groups excluding carboxylic acids is 1. The third-order valence-electron chi connectivity index (χ3n) is 7.69. The molecule has 0 spiro atoms. The van der Waals surface area contributed by atoms with Crippen molar-refractivity contribution < 1.29 is 14.7 Å². The molecule has 1 aliphatic rings. The molecule has 3 heterocycles. The van der Waals surface area contributed by atoms with Gasteiger partial charge in [0, 0.05) is 48.9 Å². The zero-order chi connectivity index (χ0) is 27.3. The first-order valence-electron chi connectivity index (χ1n) is 12.9. The van der Waals surface area contributed by atoms with Crippen molar-refractivity contribution in [2.45, 2.75) is 67.5 Å². The lowest BCUT2D eigenvalue weighted by Gasteiger charge is -2.31. The predicted octanol–water partition coefficient (Wildman–Crippen LogP) is 4.67. The average molecular weight is 526 g/mol. The second-order valence-corrected chi connectivity index (χ2v) is 13.1. The minimum absolute atomic E-state index is 0.00997. The van der Waals surface area contributed by atoms with E-state index in [1.165, 1.54) is 0 Å². The molecule has 1 N–H and O–H groups in total. The Morgan fingerprint density at radius 3 is 2.59 bits per heavy atom. The largest absolute Gasteiger partial charge is 0.481 e. The van der Waals surface area contributed by atoms with Crippen LogP contribution in [0, 0.1) is 24.7 Å². The van der Waals surface area contributed by atoms with E-state index in [1.54, 1.807) is 25.2 Å². The molecule has 0 bridgehead atoms. The van der Waals surface area contributed by atoms with Gasteiger partial charge in [-0.05, 0) is 68.9 Å². The molecule has 4 rings (SSSR count). The molecule has 2 aromatic heterocycles. The zero-order valence-electron chi connectivity index (χ0n) is 23.3. The lowest BCUT2D eigenvalue weighted by Crippen LogP contribution is -2.35. The third kappa shape index (κ3) is 5.16. The lowest BCUT2D eigenvalue weighted by atomic mass is 9.72. The molecule has 1 saturated heterocycles. The summed E-state index contributed by atoms with van der Waals surface area (Å²) in [5.41, 5.74) is 3.79. The third-order valence-corrected chi connectivity index (χ3v) is 8.84. The lowest BCUT2D eigenvalue weighted by molar-refractivity contribution is -0.147. The van der Waals surface area contributed by atoms with Crippen LogP contribution in [-0.4, -0.2) is 68.5 Å². The second-order valence-electron chi connectivity index (χ2n) is 11.8. The number of aromatic nitrogens is 3. The normalized spacial score (nSPS) is 17.8. The van der Waals surface area contributed by atoms with Crippen molar-refractivity contribution in [2.24, 2.45) is 10.8 Å². The van der Waals surface area contributed by atoms with Gasteiger partial charge in [-0.2, -0.15) is 0 Å². The average Bonchev–Trinajstić information content (AvgIpc) is 3.35. The summed E-state index contributed by atoms with van der Waals surface area (Å²) in [5.74, 6) is -1.07. The Bertz CT molecular complexity index is 1340. The van der Waals surface area contributed by atoms with Crippen molar-refractivity contribution in [2.75, 3.05) is 26.7 Å². The smallest absolute Gasteiger partial charge is 0.310 e. The fraction of sp³-hybridized carbons (Fsp3) is 0.571. The van der Waals surface area contributed by atoms with Crippen LogP contribution < -0.4 is 0 Å². The number of hydrogen-bond acceptors (Lipinski definition) is 6. The van der Waals surface area contributed by atoms with Crippen molar-refractivity contribution in [3.05, 3.63) is 44.6 Å². The van der Waals surface area contributed by atoms with Gasteiger partial charge in [0.05, 0.1) is 17.5 Å². The maximum absolute atomic E-state index is 12.7. The Hall–Kier alpha value is -2.78. The van der Waals surface area contributed by atoms with Crippen molar-refractivity contribution in [1.82, 2.24) is 24.8 Å². The summed E-state index contributed by atoms with van der Waals surface area (Å²) in [6.45, 7) is 17.4. The molecule has 1 atom stereocenters. The molecule has 1 amide bonds. The summed E-state index contributed by atoms with van der Waals surface area (Å²) in [6, 6.07) is 6.21. The second kappa shape index (κ2) is 9.83. The van der Waals surface area contributed by atoms with Gasteiger partial charge >= 0.3 is 5.97 Å². The van der Waals surface area contributed by atoms with E-state index >= 15 is 0 Å². The van der Waals surface area contributed by atoms with Crippen LogP contribution in [-0.2, 0) is 22.7 Å². The van der Waals surface area contributed by atoms with Gasteiger partial charge < -0.3 is 10.0 Å². The van der Waals surface area contributed by atoms with Crippen molar-refractivity contribution in [3.63, 3.8) is 0 Å². The fourth-order valence-corrected chi connectivity index (χ4v) is 7.05. The van der Waals surface area contributed by atoms with E-state index in [-0.39, 0.29) is 17.2 Å². The molecule has 1 fully saturated rings. The maximum Gasteiger partial charge on any atom is 0.310 e. The predicted molar refractivity (Wildman–Crippen MR) is 147 cm³/mol. The van der Waals surface area contributed by atoms with E-state index in [1.807, 2.05) is 42.6 Å².